The third-order valence-corrected chi connectivity index (χ3v) is 1.88. The molecule has 0 aliphatic rings. The van der Waals surface area contributed by atoms with E-state index in [0.717, 1.165) is 11.5 Å². The monoisotopic (exact) mass is 229 g/mol. The molecule has 0 radical (unpaired) electrons. The van der Waals surface area contributed by atoms with Gasteiger partial charge in [0.2, 0.25) is 23.1 Å². The molecular weight excluding hydrogens is 222 g/mol. The van der Waals surface area contributed by atoms with Crippen LogP contribution in [-0.2, 0) is 14.4 Å². The molecule has 3 N–H and O–H groups in total. The van der Waals surface area contributed by atoms with Crippen LogP contribution in [0.2, 0.25) is 0 Å². The van der Waals surface area contributed by atoms with E-state index in [2.05, 4.69) is 24.7 Å². The number of amides is 2. The molecule has 1 rings (SSSR count). The lowest BCUT2D eigenvalue weighted by Gasteiger charge is -1.94. The second kappa shape index (κ2) is 5.00. The standard InChI is InChI=1S/C6H7N5O3S/c1-14-10-3(4(7)13)5-9-6(8-2-12)15-11-5/h2H,1H3,(H2,7,13)(H,8,9,11,12). The van der Waals surface area contributed by atoms with Gasteiger partial charge in [0.05, 0.1) is 0 Å². The van der Waals surface area contributed by atoms with Gasteiger partial charge in [0.25, 0.3) is 5.91 Å². The minimum Gasteiger partial charge on any atom is -0.398 e. The number of hydrogen-bond acceptors (Lipinski definition) is 7. The molecule has 0 aliphatic carbocycles. The van der Waals surface area contributed by atoms with E-state index in [4.69, 9.17) is 5.73 Å². The quantitative estimate of drug-likeness (QED) is 0.379. The van der Waals surface area contributed by atoms with Gasteiger partial charge < -0.3 is 15.9 Å². The second-order valence-electron chi connectivity index (χ2n) is 2.17. The van der Waals surface area contributed by atoms with Gasteiger partial charge in [-0.15, -0.1) is 0 Å². The zero-order chi connectivity index (χ0) is 11.3. The Labute approximate surface area is 88.3 Å². The molecule has 0 saturated heterocycles. The predicted octanol–water partition coefficient (Wildman–Crippen LogP) is -1.06. The first kappa shape index (κ1) is 11.0. The first-order valence-electron chi connectivity index (χ1n) is 3.64. The van der Waals surface area contributed by atoms with Crippen molar-refractivity contribution in [1.82, 2.24) is 9.36 Å². The van der Waals surface area contributed by atoms with Gasteiger partial charge in [-0.25, -0.2) is 0 Å². The van der Waals surface area contributed by atoms with Crippen LogP contribution in [-0.4, -0.2) is 34.5 Å². The molecule has 80 valence electrons. The van der Waals surface area contributed by atoms with E-state index in [-0.39, 0.29) is 16.7 Å². The number of carbonyl (C=O) groups is 2. The van der Waals surface area contributed by atoms with Crippen LogP contribution < -0.4 is 11.1 Å². The number of aromatic nitrogens is 2. The van der Waals surface area contributed by atoms with Gasteiger partial charge in [-0.3, -0.25) is 9.59 Å². The number of carbonyl (C=O) groups excluding carboxylic acids is 2. The molecule has 8 nitrogen and oxygen atoms in total. The van der Waals surface area contributed by atoms with Crippen LogP contribution in [0, 0.1) is 0 Å². The average molecular weight is 229 g/mol. The summed E-state index contributed by atoms with van der Waals surface area (Å²) < 4.78 is 3.77. The van der Waals surface area contributed by atoms with Gasteiger partial charge in [-0.1, -0.05) is 5.16 Å². The van der Waals surface area contributed by atoms with Gasteiger partial charge in [-0.2, -0.15) is 9.36 Å². The number of anilines is 1. The Morgan fingerprint density at radius 1 is 1.73 bits per heavy atom. The summed E-state index contributed by atoms with van der Waals surface area (Å²) in [6, 6.07) is 0. The van der Waals surface area contributed by atoms with Crippen LogP contribution in [0.25, 0.3) is 0 Å². The van der Waals surface area contributed by atoms with E-state index in [1.165, 1.54) is 7.11 Å². The predicted molar refractivity (Wildman–Crippen MR) is 52.3 cm³/mol. The molecule has 1 aromatic rings. The first-order chi connectivity index (χ1) is 7.19. The van der Waals surface area contributed by atoms with Crippen molar-refractivity contribution >= 4 is 34.7 Å². The molecule has 15 heavy (non-hydrogen) atoms. The van der Waals surface area contributed by atoms with Crippen LogP contribution in [0.4, 0.5) is 5.13 Å². The lowest BCUT2D eigenvalue weighted by molar-refractivity contribution is -0.112. The maximum absolute atomic E-state index is 10.9. The largest absolute Gasteiger partial charge is 0.398 e. The smallest absolute Gasteiger partial charge is 0.274 e. The highest BCUT2D eigenvalue weighted by Crippen LogP contribution is 2.10. The van der Waals surface area contributed by atoms with E-state index >= 15 is 0 Å². The molecule has 2 amide bonds. The fourth-order valence-electron chi connectivity index (χ4n) is 0.716. The number of nitrogens with one attached hydrogen (secondary N) is 1. The normalized spacial score (nSPS) is 10.9. The summed E-state index contributed by atoms with van der Waals surface area (Å²) in [5, 5.41) is 5.90. The van der Waals surface area contributed by atoms with Crippen LogP contribution >= 0.6 is 11.5 Å². The summed E-state index contributed by atoms with van der Waals surface area (Å²) in [6.45, 7) is 0. The molecule has 0 atom stereocenters. The fourth-order valence-corrected chi connectivity index (χ4v) is 1.24. The highest BCUT2D eigenvalue weighted by atomic mass is 32.1. The van der Waals surface area contributed by atoms with Crippen molar-refractivity contribution < 1.29 is 14.4 Å². The van der Waals surface area contributed by atoms with Crippen molar-refractivity contribution in [3.8, 4) is 0 Å². The van der Waals surface area contributed by atoms with Crippen LogP contribution in [0.1, 0.15) is 5.82 Å². The van der Waals surface area contributed by atoms with E-state index in [0.29, 0.717) is 6.41 Å². The molecule has 0 aliphatic heterocycles. The van der Waals surface area contributed by atoms with E-state index < -0.39 is 5.91 Å². The average Bonchev–Trinajstić information content (AvgIpc) is 2.62. The summed E-state index contributed by atoms with van der Waals surface area (Å²) in [4.78, 5) is 29.2. The number of oxime groups is 1. The molecule has 0 fully saturated rings. The van der Waals surface area contributed by atoms with E-state index in [1.54, 1.807) is 0 Å². The molecule has 0 saturated carbocycles. The van der Waals surface area contributed by atoms with Crippen molar-refractivity contribution in [3.05, 3.63) is 5.82 Å². The van der Waals surface area contributed by atoms with E-state index in [9.17, 15) is 9.59 Å². The summed E-state index contributed by atoms with van der Waals surface area (Å²) in [5.41, 5.74) is 4.82. The molecule has 0 spiro atoms. The Balaban J connectivity index is 2.97. The number of nitrogens with zero attached hydrogens (tertiary/aromatic N) is 3. The van der Waals surface area contributed by atoms with Crippen LogP contribution in [0.5, 0.6) is 0 Å². The van der Waals surface area contributed by atoms with Gasteiger partial charge in [0, 0.05) is 11.5 Å². The Bertz CT molecular complexity index is 401. The number of nitrogens with two attached hydrogens (primary N) is 1. The van der Waals surface area contributed by atoms with Crippen molar-refractivity contribution in [2.45, 2.75) is 0 Å². The summed E-state index contributed by atoms with van der Waals surface area (Å²) in [5.74, 6) is -0.800. The lowest BCUT2D eigenvalue weighted by Crippen LogP contribution is -2.25. The first-order valence-corrected chi connectivity index (χ1v) is 4.41. The van der Waals surface area contributed by atoms with Crippen molar-refractivity contribution in [1.29, 1.82) is 0 Å². The molecule has 1 heterocycles. The summed E-state index contributed by atoms with van der Waals surface area (Å²) in [6.07, 6.45) is 0.446. The third kappa shape index (κ3) is 2.71. The minimum absolute atomic E-state index is 0.0127. The Morgan fingerprint density at radius 2 is 2.47 bits per heavy atom. The van der Waals surface area contributed by atoms with Crippen LogP contribution in [0.3, 0.4) is 0 Å². The zero-order valence-corrected chi connectivity index (χ0v) is 8.45. The Hall–Kier alpha value is -2.03. The fraction of sp³-hybridized carbons (Fsp3) is 0.167. The molecule has 1 aromatic heterocycles. The van der Waals surface area contributed by atoms with Gasteiger partial charge in [-0.05, 0) is 0 Å². The highest BCUT2D eigenvalue weighted by Gasteiger charge is 2.17. The van der Waals surface area contributed by atoms with Gasteiger partial charge >= 0.3 is 0 Å². The van der Waals surface area contributed by atoms with Gasteiger partial charge in [0.1, 0.15) is 7.11 Å². The maximum Gasteiger partial charge on any atom is 0.274 e. The lowest BCUT2D eigenvalue weighted by atomic mass is 10.3. The van der Waals surface area contributed by atoms with Crippen molar-refractivity contribution in [3.63, 3.8) is 0 Å². The van der Waals surface area contributed by atoms with Crippen LogP contribution in [0.15, 0.2) is 5.16 Å². The molecule has 0 aromatic carbocycles. The molecule has 0 unspecified atom stereocenters. The van der Waals surface area contributed by atoms with Crippen molar-refractivity contribution in [2.75, 3.05) is 12.4 Å². The van der Waals surface area contributed by atoms with Crippen molar-refractivity contribution in [2.24, 2.45) is 10.9 Å². The van der Waals surface area contributed by atoms with Gasteiger partial charge in [0.15, 0.2) is 0 Å². The Kier molecular flexibility index (Phi) is 3.68. The zero-order valence-electron chi connectivity index (χ0n) is 7.63. The minimum atomic E-state index is -0.813. The maximum atomic E-state index is 10.9. The number of rotatable bonds is 5. The molecular formula is C6H7N5O3S. The second-order valence-corrected chi connectivity index (χ2v) is 2.92. The Morgan fingerprint density at radius 3 is 3.00 bits per heavy atom. The number of hydrogen-bond donors (Lipinski definition) is 2. The summed E-state index contributed by atoms with van der Waals surface area (Å²) >= 11 is 0.898. The highest BCUT2D eigenvalue weighted by molar-refractivity contribution is 7.10. The molecule has 0 bridgehead atoms. The topological polar surface area (TPSA) is 120 Å². The third-order valence-electron chi connectivity index (χ3n) is 1.24. The summed E-state index contributed by atoms with van der Waals surface area (Å²) in [7, 11) is 1.26. The van der Waals surface area contributed by atoms with E-state index in [1.807, 2.05) is 0 Å². The molecule has 9 heteroatoms. The number of primary amides is 1. The SMILES string of the molecule is CON=C(C(N)=O)c1nsc(NC=O)n1.